The first-order chi connectivity index (χ1) is 18.7. The fourth-order valence-electron chi connectivity index (χ4n) is 5.38. The highest BCUT2D eigenvalue weighted by atomic mass is 35.5. The average Bonchev–Trinajstić information content (AvgIpc) is 3.86. The zero-order valence-corrected chi connectivity index (χ0v) is 23.1. The Kier molecular flexibility index (Phi) is 8.83. The van der Waals surface area contributed by atoms with E-state index in [9.17, 15) is 0 Å². The van der Waals surface area contributed by atoms with Gasteiger partial charge in [0, 0.05) is 53.9 Å². The van der Waals surface area contributed by atoms with Crippen LogP contribution in [0.4, 0.5) is 5.69 Å². The van der Waals surface area contributed by atoms with E-state index in [0.717, 1.165) is 61.7 Å². The van der Waals surface area contributed by atoms with Crippen LogP contribution in [0.25, 0.3) is 5.57 Å². The molecule has 0 bridgehead atoms. The van der Waals surface area contributed by atoms with Crippen molar-refractivity contribution >= 4 is 29.1 Å². The first-order valence-corrected chi connectivity index (χ1v) is 14.4. The largest absolute Gasteiger partial charge is 0.367 e. The molecule has 2 saturated carbocycles. The van der Waals surface area contributed by atoms with Crippen molar-refractivity contribution < 1.29 is 0 Å². The van der Waals surface area contributed by atoms with Crippen molar-refractivity contribution in [1.29, 1.82) is 5.41 Å². The van der Waals surface area contributed by atoms with Crippen LogP contribution in [0, 0.1) is 11.3 Å². The highest BCUT2D eigenvalue weighted by molar-refractivity contribution is 6.30. The van der Waals surface area contributed by atoms with E-state index in [-0.39, 0.29) is 0 Å². The van der Waals surface area contributed by atoms with Crippen LogP contribution in [0.5, 0.6) is 0 Å². The lowest BCUT2D eigenvalue weighted by molar-refractivity contribution is 0.248. The molecule has 3 fully saturated rings. The molecule has 1 saturated heterocycles. The van der Waals surface area contributed by atoms with Crippen molar-refractivity contribution in [3.8, 4) is 0 Å². The van der Waals surface area contributed by atoms with E-state index in [4.69, 9.17) is 17.0 Å². The Morgan fingerprint density at radius 2 is 1.95 bits per heavy atom. The number of rotatable bonds is 11. The van der Waals surface area contributed by atoms with Gasteiger partial charge < -0.3 is 20.9 Å². The molecule has 5 heteroatoms. The number of anilines is 1. The van der Waals surface area contributed by atoms with Gasteiger partial charge >= 0.3 is 0 Å². The minimum absolute atomic E-state index is 0.384. The number of allylic oxidation sites excluding steroid dienone is 7. The molecule has 2 aliphatic carbocycles. The van der Waals surface area contributed by atoms with Gasteiger partial charge in [-0.05, 0) is 86.3 Å². The van der Waals surface area contributed by atoms with Gasteiger partial charge in [0.15, 0.2) is 0 Å². The van der Waals surface area contributed by atoms with Crippen LogP contribution in [0.15, 0.2) is 95.4 Å². The predicted molar refractivity (Wildman–Crippen MR) is 162 cm³/mol. The predicted octanol–water partition coefficient (Wildman–Crippen LogP) is 7.83. The van der Waals surface area contributed by atoms with Gasteiger partial charge in [-0.15, -0.1) is 0 Å². The van der Waals surface area contributed by atoms with Crippen LogP contribution in [0.1, 0.15) is 51.0 Å². The van der Waals surface area contributed by atoms with Crippen LogP contribution in [0.2, 0.25) is 5.02 Å². The molecule has 2 aromatic rings. The molecule has 3 N–H and O–H groups in total. The van der Waals surface area contributed by atoms with Gasteiger partial charge in [0.25, 0.3) is 0 Å². The minimum Gasteiger partial charge on any atom is -0.367 e. The van der Waals surface area contributed by atoms with Crippen LogP contribution < -0.4 is 10.6 Å². The van der Waals surface area contributed by atoms with Gasteiger partial charge in [0.2, 0.25) is 0 Å². The highest BCUT2D eigenvalue weighted by Crippen LogP contribution is 2.46. The maximum absolute atomic E-state index is 8.51. The number of nitrogens with zero attached hydrogens (tertiary/aromatic N) is 1. The van der Waals surface area contributed by atoms with Gasteiger partial charge in [-0.3, -0.25) is 0 Å². The van der Waals surface area contributed by atoms with Crippen molar-refractivity contribution in [1.82, 2.24) is 10.2 Å². The summed E-state index contributed by atoms with van der Waals surface area (Å²) in [5, 5.41) is 16.7. The van der Waals surface area contributed by atoms with Crippen molar-refractivity contribution in [2.75, 3.05) is 25.0 Å². The minimum atomic E-state index is 0.384. The standard InChI is InChI=1S/C33H39ClN4/c1-2-3-8-25(24-9-5-4-6-10-24)17-18-30-23-38(20-19-36-30)31(22-35)32(26-13-14-26)33(27-15-16-27)37-29-12-7-11-28(34)21-29/h2-12,21-22,26,30,35-37H,13-20,23H2,1H3/b3-2?,25-8-,32-31+,35-22?. The molecule has 38 heavy (non-hydrogen) atoms. The maximum Gasteiger partial charge on any atom is 0.0602 e. The first-order valence-electron chi connectivity index (χ1n) is 14.0. The smallest absolute Gasteiger partial charge is 0.0602 e. The molecule has 0 spiro atoms. The summed E-state index contributed by atoms with van der Waals surface area (Å²) in [5.41, 5.74) is 8.83. The zero-order chi connectivity index (χ0) is 26.3. The van der Waals surface area contributed by atoms with Crippen molar-refractivity contribution in [2.24, 2.45) is 5.92 Å². The second-order valence-electron chi connectivity index (χ2n) is 10.6. The molecular formula is C33H39ClN4. The molecule has 5 rings (SSSR count). The Balaban J connectivity index is 1.35. The van der Waals surface area contributed by atoms with Gasteiger partial charge in [0.05, 0.1) is 5.70 Å². The monoisotopic (exact) mass is 526 g/mol. The summed E-state index contributed by atoms with van der Waals surface area (Å²) in [4.78, 5) is 2.46. The SMILES string of the molecule is CC=C/C=C(/CCC1CN(/C(C=N)=C(/C(Nc2cccc(Cl)c2)=C2CC2)C2CC2)CCN1)c1ccccc1. The molecule has 1 atom stereocenters. The zero-order valence-electron chi connectivity index (χ0n) is 22.3. The first kappa shape index (κ1) is 26.5. The molecule has 0 aromatic heterocycles. The summed E-state index contributed by atoms with van der Waals surface area (Å²) >= 11 is 6.30. The lowest BCUT2D eigenvalue weighted by Crippen LogP contribution is -2.50. The third-order valence-corrected chi connectivity index (χ3v) is 7.84. The summed E-state index contributed by atoms with van der Waals surface area (Å²) in [6.45, 7) is 4.85. The second-order valence-corrected chi connectivity index (χ2v) is 11.0. The Labute approximate surface area is 232 Å². The lowest BCUT2D eigenvalue weighted by atomic mass is 9.96. The lowest BCUT2D eigenvalue weighted by Gasteiger charge is -2.37. The average molecular weight is 527 g/mol. The van der Waals surface area contributed by atoms with E-state index in [2.05, 4.69) is 77.1 Å². The van der Waals surface area contributed by atoms with E-state index in [1.54, 1.807) is 6.21 Å². The van der Waals surface area contributed by atoms with Crippen molar-refractivity contribution in [2.45, 2.75) is 51.5 Å². The summed E-state index contributed by atoms with van der Waals surface area (Å²) in [6.07, 6.45) is 14.8. The summed E-state index contributed by atoms with van der Waals surface area (Å²) in [7, 11) is 0. The Morgan fingerprint density at radius 1 is 1.13 bits per heavy atom. The van der Waals surface area contributed by atoms with E-state index >= 15 is 0 Å². The van der Waals surface area contributed by atoms with Crippen molar-refractivity contribution in [3.63, 3.8) is 0 Å². The Bertz CT molecular complexity index is 1250. The van der Waals surface area contributed by atoms with E-state index < -0.39 is 0 Å². The molecular weight excluding hydrogens is 488 g/mol. The van der Waals surface area contributed by atoms with E-state index in [1.807, 2.05) is 18.2 Å². The third kappa shape index (κ3) is 6.86. The summed E-state index contributed by atoms with van der Waals surface area (Å²) in [6, 6.07) is 19.1. The van der Waals surface area contributed by atoms with Crippen LogP contribution in [-0.4, -0.2) is 36.8 Å². The molecule has 198 valence electrons. The Hall–Kier alpha value is -3.08. The fraction of sp³-hybridized carbons (Fsp3) is 0.364. The van der Waals surface area contributed by atoms with Crippen LogP contribution >= 0.6 is 11.6 Å². The van der Waals surface area contributed by atoms with Crippen molar-refractivity contribution in [3.05, 3.63) is 106 Å². The fourth-order valence-corrected chi connectivity index (χ4v) is 5.57. The number of nitrogens with one attached hydrogen (secondary N) is 3. The maximum atomic E-state index is 8.51. The van der Waals surface area contributed by atoms with Gasteiger partial charge in [-0.25, -0.2) is 0 Å². The number of benzene rings is 2. The third-order valence-electron chi connectivity index (χ3n) is 7.61. The molecule has 1 heterocycles. The number of hydrogen-bond donors (Lipinski definition) is 3. The molecule has 1 unspecified atom stereocenters. The van der Waals surface area contributed by atoms with Gasteiger partial charge in [0.1, 0.15) is 0 Å². The Morgan fingerprint density at radius 3 is 2.63 bits per heavy atom. The molecule has 4 nitrogen and oxygen atoms in total. The summed E-state index contributed by atoms with van der Waals surface area (Å²) < 4.78 is 0. The van der Waals surface area contributed by atoms with E-state index in [1.165, 1.54) is 40.8 Å². The molecule has 1 aliphatic heterocycles. The molecule has 2 aromatic carbocycles. The van der Waals surface area contributed by atoms with Gasteiger partial charge in [-0.2, -0.15) is 0 Å². The topological polar surface area (TPSA) is 51.2 Å². The summed E-state index contributed by atoms with van der Waals surface area (Å²) in [5.74, 6) is 0.531. The number of piperazine rings is 1. The van der Waals surface area contributed by atoms with Crippen LogP contribution in [-0.2, 0) is 0 Å². The molecule has 0 amide bonds. The molecule has 3 aliphatic rings. The van der Waals surface area contributed by atoms with Gasteiger partial charge in [-0.1, -0.05) is 66.2 Å². The number of hydrogen-bond acceptors (Lipinski definition) is 4. The molecule has 0 radical (unpaired) electrons. The number of halogens is 1. The quantitative estimate of drug-likeness (QED) is 0.206. The van der Waals surface area contributed by atoms with Crippen LogP contribution in [0.3, 0.4) is 0 Å². The highest BCUT2D eigenvalue weighted by Gasteiger charge is 2.36. The normalized spacial score (nSPS) is 20.4. The second kappa shape index (κ2) is 12.6. The van der Waals surface area contributed by atoms with E-state index in [0.29, 0.717) is 12.0 Å².